The first kappa shape index (κ1) is 11.4. The van der Waals surface area contributed by atoms with Crippen LogP contribution < -0.4 is 0 Å². The van der Waals surface area contributed by atoms with Crippen LogP contribution in [0.15, 0.2) is 0 Å². The molecule has 0 aromatic carbocycles. The van der Waals surface area contributed by atoms with Crippen LogP contribution in [0.4, 0.5) is 0 Å². The fraction of sp³-hybridized carbons (Fsp3) is 0.889. The van der Waals surface area contributed by atoms with E-state index in [1.807, 2.05) is 0 Å². The van der Waals surface area contributed by atoms with Crippen LogP contribution in [0.5, 0.6) is 0 Å². The Hall–Kier alpha value is -0.570. The van der Waals surface area contributed by atoms with Crippen molar-refractivity contribution in [2.24, 2.45) is 5.92 Å². The minimum Gasteiger partial charge on any atom is -0.479 e. The van der Waals surface area contributed by atoms with Gasteiger partial charge in [-0.2, -0.15) is 0 Å². The quantitative estimate of drug-likeness (QED) is 0.669. The van der Waals surface area contributed by atoms with E-state index in [1.54, 1.807) is 0 Å². The third-order valence-corrected chi connectivity index (χ3v) is 2.26. The van der Waals surface area contributed by atoms with Gasteiger partial charge >= 0.3 is 5.97 Å². The number of methoxy groups -OCH3 is 1. The molecular formula is C9H18O3. The van der Waals surface area contributed by atoms with Crippen LogP contribution >= 0.6 is 0 Å². The Morgan fingerprint density at radius 3 is 2.17 bits per heavy atom. The van der Waals surface area contributed by atoms with Crippen LogP contribution in [0.25, 0.3) is 0 Å². The normalized spacial score (nSPS) is 13.3. The maximum absolute atomic E-state index is 10.6. The third kappa shape index (κ3) is 3.72. The van der Waals surface area contributed by atoms with Crippen molar-refractivity contribution in [3.8, 4) is 0 Å². The van der Waals surface area contributed by atoms with Crippen LogP contribution in [0.3, 0.4) is 0 Å². The zero-order chi connectivity index (χ0) is 9.56. The number of ether oxygens (including phenoxy) is 1. The second kappa shape index (κ2) is 6.00. The predicted molar refractivity (Wildman–Crippen MR) is 47.1 cm³/mol. The molecule has 0 spiro atoms. The van der Waals surface area contributed by atoms with Crippen LogP contribution in [0.1, 0.15) is 33.1 Å². The van der Waals surface area contributed by atoms with E-state index in [-0.39, 0.29) is 0 Å². The minimum absolute atomic E-state index is 0.464. The van der Waals surface area contributed by atoms with E-state index >= 15 is 0 Å². The van der Waals surface area contributed by atoms with Crippen molar-refractivity contribution < 1.29 is 14.6 Å². The summed E-state index contributed by atoms with van der Waals surface area (Å²) in [6.45, 7) is 4.14. The van der Waals surface area contributed by atoms with E-state index in [1.165, 1.54) is 7.11 Å². The Morgan fingerprint density at radius 2 is 1.92 bits per heavy atom. The molecule has 12 heavy (non-hydrogen) atoms. The van der Waals surface area contributed by atoms with E-state index in [2.05, 4.69) is 13.8 Å². The number of carboxylic acid groups (broad SMARTS) is 1. The topological polar surface area (TPSA) is 46.5 Å². The summed E-state index contributed by atoms with van der Waals surface area (Å²) in [4.78, 5) is 10.6. The van der Waals surface area contributed by atoms with E-state index in [9.17, 15) is 4.79 Å². The average Bonchev–Trinajstić information content (AvgIpc) is 2.06. The largest absolute Gasteiger partial charge is 0.479 e. The SMILES string of the molecule is CCC(CC)CC(OC)C(=O)O. The van der Waals surface area contributed by atoms with Gasteiger partial charge in [0.15, 0.2) is 6.10 Å². The number of carbonyl (C=O) groups is 1. The van der Waals surface area contributed by atoms with Gasteiger partial charge in [0.25, 0.3) is 0 Å². The van der Waals surface area contributed by atoms with Crippen molar-refractivity contribution >= 4 is 5.97 Å². The van der Waals surface area contributed by atoms with Crippen LogP contribution in [-0.2, 0) is 9.53 Å². The molecule has 0 amide bonds. The summed E-state index contributed by atoms with van der Waals surface area (Å²) < 4.78 is 4.85. The second-order valence-corrected chi connectivity index (χ2v) is 2.98. The monoisotopic (exact) mass is 174 g/mol. The maximum atomic E-state index is 10.6. The molecule has 72 valence electrons. The maximum Gasteiger partial charge on any atom is 0.332 e. The summed E-state index contributed by atoms with van der Waals surface area (Å²) in [5.74, 6) is -0.393. The molecule has 0 heterocycles. The van der Waals surface area contributed by atoms with E-state index in [4.69, 9.17) is 9.84 Å². The molecule has 3 nitrogen and oxygen atoms in total. The Morgan fingerprint density at radius 1 is 1.42 bits per heavy atom. The van der Waals surface area contributed by atoms with Gasteiger partial charge in [-0.25, -0.2) is 4.79 Å². The molecular weight excluding hydrogens is 156 g/mol. The minimum atomic E-state index is -0.857. The molecule has 0 aromatic rings. The van der Waals surface area contributed by atoms with Crippen molar-refractivity contribution in [1.82, 2.24) is 0 Å². The van der Waals surface area contributed by atoms with Gasteiger partial charge < -0.3 is 9.84 Å². The molecule has 0 aliphatic rings. The number of hydrogen-bond acceptors (Lipinski definition) is 2. The number of hydrogen-bond donors (Lipinski definition) is 1. The summed E-state index contributed by atoms with van der Waals surface area (Å²) in [7, 11) is 1.45. The molecule has 0 radical (unpaired) electrons. The molecule has 0 aromatic heterocycles. The lowest BCUT2D eigenvalue weighted by atomic mass is 9.96. The van der Waals surface area contributed by atoms with Crippen molar-refractivity contribution in [3.63, 3.8) is 0 Å². The fourth-order valence-corrected chi connectivity index (χ4v) is 1.22. The Balaban J connectivity index is 3.91. The number of rotatable bonds is 6. The second-order valence-electron chi connectivity index (χ2n) is 2.98. The van der Waals surface area contributed by atoms with Gasteiger partial charge in [0.1, 0.15) is 0 Å². The van der Waals surface area contributed by atoms with Gasteiger partial charge in [0.2, 0.25) is 0 Å². The molecule has 0 rings (SSSR count). The van der Waals surface area contributed by atoms with Gasteiger partial charge in [-0.1, -0.05) is 26.7 Å². The highest BCUT2D eigenvalue weighted by Gasteiger charge is 2.19. The summed E-state index contributed by atoms with van der Waals surface area (Å²) in [5, 5.41) is 8.69. The molecule has 0 aliphatic carbocycles. The van der Waals surface area contributed by atoms with Gasteiger partial charge in [-0.3, -0.25) is 0 Å². The lowest BCUT2D eigenvalue weighted by Gasteiger charge is -2.16. The standard InChI is InChI=1S/C9H18O3/c1-4-7(5-2)6-8(12-3)9(10)11/h7-8H,4-6H2,1-3H3,(H,10,11). The Kier molecular flexibility index (Phi) is 5.72. The smallest absolute Gasteiger partial charge is 0.332 e. The predicted octanol–water partition coefficient (Wildman–Crippen LogP) is 1.91. The highest BCUT2D eigenvalue weighted by Crippen LogP contribution is 2.16. The molecule has 0 bridgehead atoms. The van der Waals surface area contributed by atoms with Crippen molar-refractivity contribution in [2.45, 2.75) is 39.2 Å². The zero-order valence-corrected chi connectivity index (χ0v) is 8.04. The molecule has 0 saturated heterocycles. The summed E-state index contributed by atoms with van der Waals surface area (Å²) in [6.07, 6.45) is 2.03. The molecule has 0 aliphatic heterocycles. The van der Waals surface area contributed by atoms with Gasteiger partial charge in [0.05, 0.1) is 0 Å². The van der Waals surface area contributed by atoms with Crippen LogP contribution in [0, 0.1) is 5.92 Å². The van der Waals surface area contributed by atoms with Crippen molar-refractivity contribution in [1.29, 1.82) is 0 Å². The van der Waals surface area contributed by atoms with E-state index < -0.39 is 12.1 Å². The van der Waals surface area contributed by atoms with Crippen molar-refractivity contribution in [3.05, 3.63) is 0 Å². The average molecular weight is 174 g/mol. The molecule has 1 N–H and O–H groups in total. The van der Waals surface area contributed by atoms with Crippen LogP contribution in [0.2, 0.25) is 0 Å². The number of aliphatic carboxylic acids is 1. The lowest BCUT2D eigenvalue weighted by Crippen LogP contribution is -2.25. The fourth-order valence-electron chi connectivity index (χ4n) is 1.22. The first-order valence-electron chi connectivity index (χ1n) is 4.41. The van der Waals surface area contributed by atoms with E-state index in [0.29, 0.717) is 12.3 Å². The van der Waals surface area contributed by atoms with Gasteiger partial charge in [0, 0.05) is 7.11 Å². The van der Waals surface area contributed by atoms with E-state index in [0.717, 1.165) is 12.8 Å². The first-order chi connectivity index (χ1) is 5.65. The first-order valence-corrected chi connectivity index (χ1v) is 4.41. The highest BCUT2D eigenvalue weighted by atomic mass is 16.5. The number of carboxylic acids is 1. The molecule has 3 heteroatoms. The van der Waals surface area contributed by atoms with Crippen molar-refractivity contribution in [2.75, 3.05) is 7.11 Å². The Bertz CT molecular complexity index is 130. The lowest BCUT2D eigenvalue weighted by molar-refractivity contribution is -0.149. The molecule has 1 atom stereocenters. The summed E-state index contributed by atoms with van der Waals surface area (Å²) >= 11 is 0. The highest BCUT2D eigenvalue weighted by molar-refractivity contribution is 5.72. The summed E-state index contributed by atoms with van der Waals surface area (Å²) in [5.41, 5.74) is 0. The van der Waals surface area contributed by atoms with Gasteiger partial charge in [-0.15, -0.1) is 0 Å². The molecule has 0 fully saturated rings. The van der Waals surface area contributed by atoms with Gasteiger partial charge in [-0.05, 0) is 12.3 Å². The van der Waals surface area contributed by atoms with Crippen LogP contribution in [-0.4, -0.2) is 24.3 Å². The molecule has 1 unspecified atom stereocenters. The molecule has 0 saturated carbocycles. The summed E-state index contributed by atoms with van der Waals surface area (Å²) in [6, 6.07) is 0. The zero-order valence-electron chi connectivity index (χ0n) is 8.04. The third-order valence-electron chi connectivity index (χ3n) is 2.26. The Labute approximate surface area is 73.7 Å².